The van der Waals surface area contributed by atoms with E-state index in [2.05, 4.69) is 5.32 Å². The summed E-state index contributed by atoms with van der Waals surface area (Å²) in [5.41, 5.74) is 0.947. The number of rotatable bonds is 4. The number of benzene rings is 1. The molecule has 20 heavy (non-hydrogen) atoms. The Morgan fingerprint density at radius 2 is 1.95 bits per heavy atom. The molecule has 110 valence electrons. The third-order valence-corrected chi connectivity index (χ3v) is 4.73. The van der Waals surface area contributed by atoms with Crippen LogP contribution in [0.4, 0.5) is 0 Å². The van der Waals surface area contributed by atoms with Crippen molar-refractivity contribution < 1.29 is 13.2 Å². The molecule has 1 fully saturated rings. The maximum atomic E-state index is 12.2. The van der Waals surface area contributed by atoms with Crippen molar-refractivity contribution in [2.45, 2.75) is 30.3 Å². The first kappa shape index (κ1) is 15.0. The van der Waals surface area contributed by atoms with Crippen molar-refractivity contribution in [1.29, 1.82) is 0 Å². The van der Waals surface area contributed by atoms with Gasteiger partial charge >= 0.3 is 0 Å². The molecule has 5 nitrogen and oxygen atoms in total. The van der Waals surface area contributed by atoms with Crippen LogP contribution in [0.5, 0.6) is 0 Å². The summed E-state index contributed by atoms with van der Waals surface area (Å²) in [4.78, 5) is 14.3. The van der Waals surface area contributed by atoms with Crippen LogP contribution in [0.1, 0.15) is 18.4 Å². The van der Waals surface area contributed by atoms with Gasteiger partial charge in [0.15, 0.2) is 9.84 Å². The van der Waals surface area contributed by atoms with Gasteiger partial charge in [-0.25, -0.2) is 8.42 Å². The van der Waals surface area contributed by atoms with E-state index >= 15 is 0 Å². The lowest BCUT2D eigenvalue weighted by Crippen LogP contribution is -2.49. The van der Waals surface area contributed by atoms with E-state index in [0.717, 1.165) is 24.9 Å². The van der Waals surface area contributed by atoms with Crippen LogP contribution in [0.2, 0.25) is 0 Å². The van der Waals surface area contributed by atoms with E-state index in [1.807, 2.05) is 4.90 Å². The first-order valence-corrected chi connectivity index (χ1v) is 8.56. The molecule has 0 aromatic heterocycles. The predicted molar refractivity (Wildman–Crippen MR) is 77.1 cm³/mol. The smallest absolute Gasteiger partial charge is 0.239 e. The Hall–Kier alpha value is -1.40. The minimum Gasteiger partial charge on any atom is -0.337 e. The zero-order valence-corrected chi connectivity index (χ0v) is 12.6. The minimum absolute atomic E-state index is 0.0981. The van der Waals surface area contributed by atoms with Crippen LogP contribution < -0.4 is 5.32 Å². The summed E-state index contributed by atoms with van der Waals surface area (Å²) >= 11 is 0. The van der Waals surface area contributed by atoms with Crippen LogP contribution >= 0.6 is 0 Å². The predicted octanol–water partition coefficient (Wildman–Crippen LogP) is 0.800. The second-order valence-corrected chi connectivity index (χ2v) is 7.18. The topological polar surface area (TPSA) is 66.5 Å². The Morgan fingerprint density at radius 1 is 1.30 bits per heavy atom. The van der Waals surface area contributed by atoms with E-state index < -0.39 is 9.84 Å². The number of nitrogens with zero attached hydrogens (tertiary/aromatic N) is 1. The molecule has 1 unspecified atom stereocenters. The molecule has 0 radical (unpaired) electrons. The van der Waals surface area contributed by atoms with E-state index in [9.17, 15) is 13.2 Å². The summed E-state index contributed by atoms with van der Waals surface area (Å²) in [7, 11) is -1.37. The molecule has 0 bridgehead atoms. The lowest BCUT2D eigenvalue weighted by Gasteiger charge is -2.32. The van der Waals surface area contributed by atoms with Crippen LogP contribution in [0.25, 0.3) is 0 Å². The quantitative estimate of drug-likeness (QED) is 0.892. The first-order valence-electron chi connectivity index (χ1n) is 6.67. The van der Waals surface area contributed by atoms with Crippen molar-refractivity contribution >= 4 is 15.7 Å². The highest BCUT2D eigenvalue weighted by molar-refractivity contribution is 7.90. The second-order valence-electron chi connectivity index (χ2n) is 5.16. The molecule has 1 heterocycles. The number of carbonyl (C=O) groups excluding carboxylic acids is 1. The molecular weight excluding hydrogens is 276 g/mol. The molecule has 1 saturated heterocycles. The maximum absolute atomic E-state index is 12.2. The zero-order valence-electron chi connectivity index (χ0n) is 11.8. The summed E-state index contributed by atoms with van der Waals surface area (Å²) in [5, 5.41) is 3.03. The van der Waals surface area contributed by atoms with Crippen molar-refractivity contribution in [3.63, 3.8) is 0 Å². The van der Waals surface area contributed by atoms with Crippen LogP contribution in [0.3, 0.4) is 0 Å². The Balaban J connectivity index is 2.08. The third-order valence-electron chi connectivity index (χ3n) is 3.60. The molecule has 1 aliphatic heterocycles. The van der Waals surface area contributed by atoms with Crippen LogP contribution in [0, 0.1) is 0 Å². The van der Waals surface area contributed by atoms with Gasteiger partial charge in [0.25, 0.3) is 0 Å². The number of hydrogen-bond donors (Lipinski definition) is 1. The monoisotopic (exact) mass is 296 g/mol. The van der Waals surface area contributed by atoms with Gasteiger partial charge in [0.1, 0.15) is 0 Å². The van der Waals surface area contributed by atoms with Crippen LogP contribution in [0.15, 0.2) is 29.2 Å². The Kier molecular flexibility index (Phi) is 4.45. The zero-order chi connectivity index (χ0) is 14.8. The highest BCUT2D eigenvalue weighted by Crippen LogP contribution is 2.16. The summed E-state index contributed by atoms with van der Waals surface area (Å²) in [6, 6.07) is 6.63. The van der Waals surface area contributed by atoms with Gasteiger partial charge in [0.2, 0.25) is 5.91 Å². The molecular formula is C14H20N2O3S. The number of likely N-dealkylation sites (tertiary alicyclic amines) is 1. The van der Waals surface area contributed by atoms with Gasteiger partial charge in [0, 0.05) is 19.3 Å². The minimum atomic E-state index is -3.17. The number of sulfone groups is 1. The molecule has 1 aliphatic rings. The molecule has 1 atom stereocenters. The van der Waals surface area contributed by atoms with Gasteiger partial charge in [-0.15, -0.1) is 0 Å². The van der Waals surface area contributed by atoms with Gasteiger partial charge in [-0.3, -0.25) is 4.79 Å². The highest BCUT2D eigenvalue weighted by Gasteiger charge is 2.27. The second kappa shape index (κ2) is 5.93. The molecule has 1 amide bonds. The van der Waals surface area contributed by atoms with E-state index in [1.165, 1.54) is 6.26 Å². The standard InChI is InChI=1S/C14H20N2O3S/c1-15-13-4-3-9-16(14(13)17)10-11-5-7-12(8-6-11)20(2,18)19/h5-8,13,15H,3-4,9-10H2,1-2H3. The molecule has 6 heteroatoms. The average molecular weight is 296 g/mol. The lowest BCUT2D eigenvalue weighted by atomic mass is 10.0. The van der Waals surface area contributed by atoms with Gasteiger partial charge < -0.3 is 10.2 Å². The number of nitrogens with one attached hydrogen (secondary N) is 1. The molecule has 0 aliphatic carbocycles. The molecule has 1 aromatic carbocycles. The van der Waals surface area contributed by atoms with E-state index in [0.29, 0.717) is 11.4 Å². The molecule has 1 N–H and O–H groups in total. The van der Waals surface area contributed by atoms with Crippen molar-refractivity contribution in [2.75, 3.05) is 19.8 Å². The van der Waals surface area contributed by atoms with Crippen molar-refractivity contribution in [3.8, 4) is 0 Å². The molecule has 1 aromatic rings. The summed E-state index contributed by atoms with van der Waals surface area (Å²) in [6.07, 6.45) is 3.05. The summed E-state index contributed by atoms with van der Waals surface area (Å²) in [6.45, 7) is 1.28. The number of carbonyl (C=O) groups is 1. The maximum Gasteiger partial charge on any atom is 0.239 e. The molecule has 2 rings (SSSR count). The van der Waals surface area contributed by atoms with Gasteiger partial charge in [-0.1, -0.05) is 12.1 Å². The summed E-state index contributed by atoms with van der Waals surface area (Å²) in [5.74, 6) is 0.117. The first-order chi connectivity index (χ1) is 9.41. The average Bonchev–Trinajstić information content (AvgIpc) is 2.41. The number of likely N-dealkylation sites (N-methyl/N-ethyl adjacent to an activating group) is 1. The SMILES string of the molecule is CNC1CCCN(Cc2ccc(S(C)(=O)=O)cc2)C1=O. The fourth-order valence-corrected chi connectivity index (χ4v) is 3.06. The van der Waals surface area contributed by atoms with Crippen LogP contribution in [-0.4, -0.2) is 45.1 Å². The Labute approximate surface area is 119 Å². The molecule has 0 spiro atoms. The summed E-state index contributed by atoms with van der Waals surface area (Å²) < 4.78 is 22.8. The van der Waals surface area contributed by atoms with Gasteiger partial charge in [0.05, 0.1) is 10.9 Å². The largest absolute Gasteiger partial charge is 0.337 e. The van der Waals surface area contributed by atoms with E-state index in [-0.39, 0.29) is 11.9 Å². The number of hydrogen-bond acceptors (Lipinski definition) is 4. The highest BCUT2D eigenvalue weighted by atomic mass is 32.2. The van der Waals surface area contributed by atoms with Gasteiger partial charge in [-0.05, 0) is 37.6 Å². The number of piperidine rings is 1. The Bertz CT molecular complexity index is 581. The van der Waals surface area contributed by atoms with E-state index in [4.69, 9.17) is 0 Å². The molecule has 0 saturated carbocycles. The third kappa shape index (κ3) is 3.37. The fourth-order valence-electron chi connectivity index (χ4n) is 2.43. The van der Waals surface area contributed by atoms with Crippen molar-refractivity contribution in [2.24, 2.45) is 0 Å². The Morgan fingerprint density at radius 3 is 2.50 bits per heavy atom. The van der Waals surface area contributed by atoms with Crippen molar-refractivity contribution in [1.82, 2.24) is 10.2 Å². The fraction of sp³-hybridized carbons (Fsp3) is 0.500. The number of amides is 1. The van der Waals surface area contributed by atoms with E-state index in [1.54, 1.807) is 31.3 Å². The normalized spacial score (nSPS) is 20.2. The lowest BCUT2D eigenvalue weighted by molar-refractivity contribution is -0.136. The van der Waals surface area contributed by atoms with Crippen molar-refractivity contribution in [3.05, 3.63) is 29.8 Å². The van der Waals surface area contributed by atoms with Crippen LogP contribution in [-0.2, 0) is 21.2 Å². The van der Waals surface area contributed by atoms with Gasteiger partial charge in [-0.2, -0.15) is 0 Å².